The number of aryl methyl sites for hydroxylation is 1. The summed E-state index contributed by atoms with van der Waals surface area (Å²) in [5.74, 6) is 0.448. The Labute approximate surface area is 186 Å². The van der Waals surface area contributed by atoms with Crippen molar-refractivity contribution in [3.8, 4) is 10.7 Å². The van der Waals surface area contributed by atoms with Crippen molar-refractivity contribution in [2.75, 3.05) is 11.1 Å². The van der Waals surface area contributed by atoms with Crippen LogP contribution < -0.4 is 11.1 Å². The summed E-state index contributed by atoms with van der Waals surface area (Å²) in [7, 11) is 0. The van der Waals surface area contributed by atoms with Crippen LogP contribution in [0.1, 0.15) is 52.5 Å². The molecule has 0 atom stereocenters. The lowest BCUT2D eigenvalue weighted by Gasteiger charge is -2.11. The summed E-state index contributed by atoms with van der Waals surface area (Å²) in [6.07, 6.45) is 6.18. The van der Waals surface area contributed by atoms with E-state index in [1.54, 1.807) is 11.3 Å². The Morgan fingerprint density at radius 2 is 2.10 bits per heavy atom. The summed E-state index contributed by atoms with van der Waals surface area (Å²) >= 11 is 4.51. The first-order valence-corrected chi connectivity index (χ1v) is 12.7. The molecule has 0 aliphatic heterocycles. The maximum absolute atomic E-state index is 12.7. The minimum absolute atomic E-state index is 0.163. The van der Waals surface area contributed by atoms with E-state index in [9.17, 15) is 9.59 Å². The molecule has 2 aliphatic carbocycles. The smallest absolute Gasteiger partial charge is 0.251 e. The van der Waals surface area contributed by atoms with E-state index in [1.165, 1.54) is 28.0 Å². The van der Waals surface area contributed by atoms with E-state index in [0.717, 1.165) is 59.9 Å². The van der Waals surface area contributed by atoms with Crippen molar-refractivity contribution in [3.63, 3.8) is 0 Å². The van der Waals surface area contributed by atoms with Crippen LogP contribution in [-0.4, -0.2) is 32.3 Å². The van der Waals surface area contributed by atoms with E-state index in [0.29, 0.717) is 16.6 Å². The molecule has 3 N–H and O–H groups in total. The number of thioether (sulfide) groups is 1. The zero-order valence-corrected chi connectivity index (χ0v) is 18.7. The number of nitrogens with two attached hydrogens (primary N) is 1. The molecule has 30 heavy (non-hydrogen) atoms. The maximum atomic E-state index is 12.7. The highest BCUT2D eigenvalue weighted by molar-refractivity contribution is 7.99. The summed E-state index contributed by atoms with van der Waals surface area (Å²) in [5.41, 5.74) is 7.14. The van der Waals surface area contributed by atoms with Gasteiger partial charge in [0, 0.05) is 10.9 Å². The number of aromatic nitrogens is 3. The number of amides is 2. The monoisotopic (exact) mass is 459 g/mol. The second-order valence-electron chi connectivity index (χ2n) is 7.50. The van der Waals surface area contributed by atoms with Crippen molar-refractivity contribution in [1.29, 1.82) is 0 Å². The third kappa shape index (κ3) is 3.79. The molecule has 0 saturated heterocycles. The summed E-state index contributed by atoms with van der Waals surface area (Å²) in [6, 6.07) is 4.45. The fourth-order valence-electron chi connectivity index (χ4n) is 3.82. The van der Waals surface area contributed by atoms with Gasteiger partial charge in [0.15, 0.2) is 11.0 Å². The lowest BCUT2D eigenvalue weighted by molar-refractivity contribution is -0.113. The average Bonchev–Trinajstić information content (AvgIpc) is 3.14. The van der Waals surface area contributed by atoms with Crippen molar-refractivity contribution < 1.29 is 9.59 Å². The van der Waals surface area contributed by atoms with Crippen LogP contribution in [-0.2, 0) is 17.6 Å². The Balaban J connectivity index is 1.31. The maximum Gasteiger partial charge on any atom is 0.251 e. The van der Waals surface area contributed by atoms with E-state index in [4.69, 9.17) is 5.73 Å². The number of nitrogens with zero attached hydrogens (tertiary/aromatic N) is 3. The molecule has 2 amide bonds. The van der Waals surface area contributed by atoms with Gasteiger partial charge in [-0.15, -0.1) is 32.9 Å². The van der Waals surface area contributed by atoms with Gasteiger partial charge in [-0.25, -0.2) is 0 Å². The van der Waals surface area contributed by atoms with E-state index >= 15 is 0 Å². The molecule has 10 heteroatoms. The molecule has 0 unspecified atom stereocenters. The summed E-state index contributed by atoms with van der Waals surface area (Å²) in [6.45, 7) is 0. The molecule has 0 bridgehead atoms. The Morgan fingerprint density at radius 1 is 1.27 bits per heavy atom. The van der Waals surface area contributed by atoms with Crippen LogP contribution in [0.4, 0.5) is 5.00 Å². The first-order valence-electron chi connectivity index (χ1n) is 9.97. The number of hydrogen-bond acceptors (Lipinski definition) is 7. The molecule has 156 valence electrons. The van der Waals surface area contributed by atoms with Gasteiger partial charge in [-0.05, 0) is 55.5 Å². The fraction of sp³-hybridized carbons (Fsp3) is 0.400. The third-order valence-corrected chi connectivity index (χ3v) is 8.34. The predicted octanol–water partition coefficient (Wildman–Crippen LogP) is 4.11. The van der Waals surface area contributed by atoms with Gasteiger partial charge in [-0.1, -0.05) is 17.8 Å². The van der Waals surface area contributed by atoms with Crippen molar-refractivity contribution in [3.05, 3.63) is 33.5 Å². The van der Waals surface area contributed by atoms with Gasteiger partial charge < -0.3 is 11.1 Å². The van der Waals surface area contributed by atoms with Crippen molar-refractivity contribution in [2.45, 2.75) is 49.7 Å². The van der Waals surface area contributed by atoms with Crippen molar-refractivity contribution >= 4 is 51.3 Å². The molecule has 3 heterocycles. The van der Waals surface area contributed by atoms with Crippen molar-refractivity contribution in [1.82, 2.24) is 14.8 Å². The minimum atomic E-state index is -0.466. The van der Waals surface area contributed by atoms with Gasteiger partial charge in [0.1, 0.15) is 5.00 Å². The van der Waals surface area contributed by atoms with Gasteiger partial charge >= 0.3 is 0 Å². The van der Waals surface area contributed by atoms with Gasteiger partial charge in [-0.3, -0.25) is 14.2 Å². The van der Waals surface area contributed by atoms with Gasteiger partial charge in [0.25, 0.3) is 5.91 Å². The minimum Gasteiger partial charge on any atom is -0.365 e. The Bertz CT molecular complexity index is 1100. The zero-order valence-electron chi connectivity index (χ0n) is 16.2. The first-order chi connectivity index (χ1) is 14.6. The normalized spacial score (nSPS) is 15.7. The number of rotatable bonds is 7. The number of primary amides is 1. The molecule has 3 aromatic rings. The van der Waals surface area contributed by atoms with Gasteiger partial charge in [-0.2, -0.15) is 0 Å². The van der Waals surface area contributed by atoms with E-state index in [2.05, 4.69) is 20.1 Å². The molecule has 3 aromatic heterocycles. The SMILES string of the molecule is NC(=O)c1c(NC(=O)CSc2nnc(-c3cccs3)n2C2CC2)sc2c1CCCC2. The number of fused-ring (bicyclic) bond motifs is 1. The zero-order chi connectivity index (χ0) is 20.7. The van der Waals surface area contributed by atoms with Gasteiger partial charge in [0.2, 0.25) is 5.91 Å². The predicted molar refractivity (Wildman–Crippen MR) is 120 cm³/mol. The van der Waals surface area contributed by atoms with Crippen LogP contribution in [0, 0.1) is 0 Å². The highest BCUT2D eigenvalue weighted by atomic mass is 32.2. The number of anilines is 1. The molecule has 0 aromatic carbocycles. The van der Waals surface area contributed by atoms with E-state index in [1.807, 2.05) is 17.5 Å². The Morgan fingerprint density at radius 3 is 2.83 bits per heavy atom. The van der Waals surface area contributed by atoms with Crippen LogP contribution in [0.25, 0.3) is 10.7 Å². The Kier molecular flexibility index (Phi) is 5.38. The summed E-state index contributed by atoms with van der Waals surface area (Å²) < 4.78 is 2.16. The molecule has 1 saturated carbocycles. The van der Waals surface area contributed by atoms with Crippen LogP contribution in [0.5, 0.6) is 0 Å². The molecule has 2 aliphatic rings. The van der Waals surface area contributed by atoms with Crippen LogP contribution in [0.15, 0.2) is 22.7 Å². The van der Waals surface area contributed by atoms with E-state index in [-0.39, 0.29) is 11.7 Å². The number of carbonyl (C=O) groups excluding carboxylic acids is 2. The number of nitrogens with one attached hydrogen (secondary N) is 1. The quantitative estimate of drug-likeness (QED) is 0.518. The summed E-state index contributed by atoms with van der Waals surface area (Å²) in [5, 5.41) is 15.0. The molecule has 1 fully saturated rings. The molecule has 7 nitrogen and oxygen atoms in total. The first kappa shape index (κ1) is 19.8. The molecule has 5 rings (SSSR count). The Hall–Kier alpha value is -2.17. The fourth-order valence-corrected chi connectivity index (χ4v) is 6.64. The number of hydrogen-bond donors (Lipinski definition) is 2. The lowest BCUT2D eigenvalue weighted by Crippen LogP contribution is -2.19. The lowest BCUT2D eigenvalue weighted by atomic mass is 9.95. The molecular formula is C20H21N5O2S3. The van der Waals surface area contributed by atoms with Crippen LogP contribution in [0.2, 0.25) is 0 Å². The highest BCUT2D eigenvalue weighted by Crippen LogP contribution is 2.42. The van der Waals surface area contributed by atoms with Crippen molar-refractivity contribution in [2.24, 2.45) is 5.73 Å². The summed E-state index contributed by atoms with van der Waals surface area (Å²) in [4.78, 5) is 26.9. The topological polar surface area (TPSA) is 103 Å². The highest BCUT2D eigenvalue weighted by Gasteiger charge is 2.31. The third-order valence-electron chi connectivity index (χ3n) is 5.32. The van der Waals surface area contributed by atoms with Gasteiger partial charge in [0.05, 0.1) is 16.2 Å². The molecule has 0 spiro atoms. The molecule has 0 radical (unpaired) electrons. The average molecular weight is 460 g/mol. The van der Waals surface area contributed by atoms with Crippen LogP contribution in [0.3, 0.4) is 0 Å². The molecular weight excluding hydrogens is 438 g/mol. The standard InChI is InChI=1S/C20H21N5O2S3/c21-17(27)16-12-4-1-2-5-13(12)30-19(16)22-15(26)10-29-20-24-23-18(14-6-3-9-28-14)25(20)11-7-8-11/h3,6,9,11H,1-2,4-5,7-8,10H2,(H2,21,27)(H,22,26). The van der Waals surface area contributed by atoms with E-state index < -0.39 is 5.91 Å². The number of carbonyl (C=O) groups is 2. The second-order valence-corrected chi connectivity index (χ2v) is 10.5. The second kappa shape index (κ2) is 8.16. The largest absolute Gasteiger partial charge is 0.365 e. The van der Waals surface area contributed by atoms with Crippen LogP contribution >= 0.6 is 34.4 Å². The number of thiophene rings is 2.